The van der Waals surface area contributed by atoms with E-state index in [4.69, 9.17) is 5.14 Å². The average molecular weight is 256 g/mol. The molecule has 0 fully saturated rings. The van der Waals surface area contributed by atoms with Gasteiger partial charge in [0.25, 0.3) is 0 Å². The second kappa shape index (κ2) is 5.62. The molecule has 96 valence electrons. The first-order chi connectivity index (χ1) is 7.91. The Kier molecular flexibility index (Phi) is 4.68. The van der Waals surface area contributed by atoms with Crippen molar-refractivity contribution in [3.63, 3.8) is 0 Å². The molecular weight excluding hydrogens is 236 g/mol. The second-order valence-electron chi connectivity index (χ2n) is 4.17. The molecule has 0 spiro atoms. The molecule has 0 aliphatic rings. The summed E-state index contributed by atoms with van der Waals surface area (Å²) in [4.78, 5) is 0.223. The Labute approximate surface area is 103 Å². The molecule has 1 rings (SSSR count). The summed E-state index contributed by atoms with van der Waals surface area (Å²) in [6.07, 6.45) is 0.927. The van der Waals surface area contributed by atoms with Gasteiger partial charge in [-0.25, -0.2) is 13.6 Å². The molecule has 4 nitrogen and oxygen atoms in total. The maximum Gasteiger partial charge on any atom is 0.238 e. The molecule has 17 heavy (non-hydrogen) atoms. The van der Waals surface area contributed by atoms with Crippen molar-refractivity contribution in [2.45, 2.75) is 37.1 Å². The summed E-state index contributed by atoms with van der Waals surface area (Å²) < 4.78 is 23.0. The van der Waals surface area contributed by atoms with E-state index < -0.39 is 10.0 Å². The number of hydrogen-bond donors (Lipinski definition) is 2. The van der Waals surface area contributed by atoms with E-state index in [2.05, 4.69) is 12.2 Å². The average Bonchev–Trinajstić information content (AvgIpc) is 2.29. The van der Waals surface area contributed by atoms with Gasteiger partial charge in [-0.05, 0) is 31.0 Å². The number of likely N-dealkylation sites (N-methyl/N-ethyl adjacent to an activating group) is 1. The van der Waals surface area contributed by atoms with Gasteiger partial charge in [-0.3, -0.25) is 0 Å². The molecule has 0 aliphatic heterocycles. The van der Waals surface area contributed by atoms with Crippen molar-refractivity contribution in [3.05, 3.63) is 29.8 Å². The van der Waals surface area contributed by atoms with Crippen LogP contribution in [0.1, 0.15) is 31.7 Å². The zero-order valence-electron chi connectivity index (χ0n) is 10.5. The smallest absolute Gasteiger partial charge is 0.238 e. The summed E-state index contributed by atoms with van der Waals surface area (Å²) in [5, 5.41) is 8.42. The minimum absolute atomic E-state index is 0.0968. The molecule has 1 aromatic rings. The van der Waals surface area contributed by atoms with Crippen LogP contribution in [0.4, 0.5) is 0 Å². The lowest BCUT2D eigenvalue weighted by molar-refractivity contribution is 0.467. The summed E-state index contributed by atoms with van der Waals surface area (Å²) in [5.74, 6) is 0.0968. The van der Waals surface area contributed by atoms with E-state index in [0.29, 0.717) is 0 Å². The van der Waals surface area contributed by atoms with Gasteiger partial charge in [0.05, 0.1) is 4.90 Å². The van der Waals surface area contributed by atoms with Crippen LogP contribution in [0, 0.1) is 0 Å². The number of benzene rings is 1. The summed E-state index contributed by atoms with van der Waals surface area (Å²) in [5.41, 5.74) is 0.774. The minimum atomic E-state index is -3.66. The Hall–Kier alpha value is -0.910. The van der Waals surface area contributed by atoms with Gasteiger partial charge in [0, 0.05) is 6.04 Å². The fraction of sp³-hybridized carbons (Fsp3) is 0.500. The van der Waals surface area contributed by atoms with Crippen LogP contribution >= 0.6 is 0 Å². The summed E-state index contributed by atoms with van der Waals surface area (Å²) >= 11 is 0. The highest BCUT2D eigenvalue weighted by Crippen LogP contribution is 2.26. The van der Waals surface area contributed by atoms with Gasteiger partial charge in [0.1, 0.15) is 0 Å². The van der Waals surface area contributed by atoms with Gasteiger partial charge in [-0.1, -0.05) is 32.0 Å². The number of sulfonamides is 1. The normalized spacial score (nSPS) is 15.5. The number of rotatable bonds is 5. The number of nitrogens with two attached hydrogens (primary N) is 1. The summed E-state index contributed by atoms with van der Waals surface area (Å²) in [7, 11) is -1.78. The van der Waals surface area contributed by atoms with E-state index >= 15 is 0 Å². The van der Waals surface area contributed by atoms with E-state index in [9.17, 15) is 8.42 Å². The van der Waals surface area contributed by atoms with Crippen molar-refractivity contribution in [2.24, 2.45) is 5.14 Å². The standard InChI is InChI=1S/C12H20N2O2S/c1-4-11(14-3)9(2)10-7-5-6-8-12(10)17(13,15)16/h5-9,11,14H,4H2,1-3H3,(H2,13,15,16). The molecule has 1 aromatic carbocycles. The highest BCUT2D eigenvalue weighted by atomic mass is 32.2. The lowest BCUT2D eigenvalue weighted by Crippen LogP contribution is -2.31. The fourth-order valence-corrected chi connectivity index (χ4v) is 2.99. The molecule has 0 bridgehead atoms. The Bertz CT molecular complexity index is 467. The first kappa shape index (κ1) is 14.2. The molecule has 0 saturated carbocycles. The predicted molar refractivity (Wildman–Crippen MR) is 69.4 cm³/mol. The first-order valence-electron chi connectivity index (χ1n) is 5.70. The molecule has 2 unspecified atom stereocenters. The van der Waals surface area contributed by atoms with Crippen molar-refractivity contribution in [1.29, 1.82) is 0 Å². The third kappa shape index (κ3) is 3.28. The minimum Gasteiger partial charge on any atom is -0.316 e. The quantitative estimate of drug-likeness (QED) is 0.837. The largest absolute Gasteiger partial charge is 0.316 e. The van der Waals surface area contributed by atoms with Crippen molar-refractivity contribution in [2.75, 3.05) is 7.05 Å². The molecule has 0 radical (unpaired) electrons. The van der Waals surface area contributed by atoms with Crippen LogP contribution in [0.3, 0.4) is 0 Å². The Balaban J connectivity index is 3.23. The van der Waals surface area contributed by atoms with Crippen LogP contribution in [0.25, 0.3) is 0 Å². The van der Waals surface area contributed by atoms with E-state index in [1.165, 1.54) is 0 Å². The predicted octanol–water partition coefficient (Wildman–Crippen LogP) is 1.44. The van der Waals surface area contributed by atoms with Gasteiger partial charge in [0.2, 0.25) is 10.0 Å². The van der Waals surface area contributed by atoms with E-state index in [1.54, 1.807) is 12.1 Å². The zero-order valence-corrected chi connectivity index (χ0v) is 11.3. The topological polar surface area (TPSA) is 72.2 Å². The molecule has 0 saturated heterocycles. The number of hydrogen-bond acceptors (Lipinski definition) is 3. The Morgan fingerprint density at radius 1 is 1.35 bits per heavy atom. The Morgan fingerprint density at radius 3 is 2.41 bits per heavy atom. The molecule has 0 aromatic heterocycles. The number of nitrogens with one attached hydrogen (secondary N) is 1. The summed E-state index contributed by atoms with van der Waals surface area (Å²) in [6, 6.07) is 7.14. The molecule has 5 heteroatoms. The number of primary sulfonamides is 1. The maximum atomic E-state index is 11.5. The van der Waals surface area contributed by atoms with Gasteiger partial charge in [-0.15, -0.1) is 0 Å². The second-order valence-corrected chi connectivity index (χ2v) is 5.70. The van der Waals surface area contributed by atoms with Crippen LogP contribution in [-0.2, 0) is 10.0 Å². The molecule has 0 aliphatic carbocycles. The van der Waals surface area contributed by atoms with Crippen LogP contribution in [0.15, 0.2) is 29.2 Å². The lowest BCUT2D eigenvalue weighted by atomic mass is 9.92. The van der Waals surface area contributed by atoms with E-state index in [0.717, 1.165) is 12.0 Å². The van der Waals surface area contributed by atoms with Crippen LogP contribution in [0.5, 0.6) is 0 Å². The van der Waals surface area contributed by atoms with Crippen molar-refractivity contribution >= 4 is 10.0 Å². The molecule has 0 heterocycles. The monoisotopic (exact) mass is 256 g/mol. The summed E-state index contributed by atoms with van der Waals surface area (Å²) in [6.45, 7) is 4.08. The molecular formula is C12H20N2O2S. The van der Waals surface area contributed by atoms with E-state index in [1.807, 2.05) is 26.1 Å². The molecule has 0 amide bonds. The molecule has 2 atom stereocenters. The van der Waals surface area contributed by atoms with Gasteiger partial charge in [0.15, 0.2) is 0 Å². The van der Waals surface area contributed by atoms with Gasteiger partial charge in [-0.2, -0.15) is 0 Å². The van der Waals surface area contributed by atoms with Crippen LogP contribution in [0.2, 0.25) is 0 Å². The van der Waals surface area contributed by atoms with E-state index in [-0.39, 0.29) is 16.9 Å². The van der Waals surface area contributed by atoms with Crippen molar-refractivity contribution < 1.29 is 8.42 Å². The zero-order chi connectivity index (χ0) is 13.1. The van der Waals surface area contributed by atoms with Crippen LogP contribution < -0.4 is 10.5 Å². The third-order valence-electron chi connectivity index (χ3n) is 3.13. The fourth-order valence-electron chi connectivity index (χ4n) is 2.14. The first-order valence-corrected chi connectivity index (χ1v) is 7.25. The lowest BCUT2D eigenvalue weighted by Gasteiger charge is -2.24. The maximum absolute atomic E-state index is 11.5. The van der Waals surface area contributed by atoms with Crippen molar-refractivity contribution in [1.82, 2.24) is 5.32 Å². The third-order valence-corrected chi connectivity index (χ3v) is 4.12. The molecule has 3 N–H and O–H groups in total. The Morgan fingerprint density at radius 2 is 1.94 bits per heavy atom. The van der Waals surface area contributed by atoms with Crippen molar-refractivity contribution in [3.8, 4) is 0 Å². The highest BCUT2D eigenvalue weighted by molar-refractivity contribution is 7.89. The van der Waals surface area contributed by atoms with Gasteiger partial charge < -0.3 is 5.32 Å². The SMILES string of the molecule is CCC(NC)C(C)c1ccccc1S(N)(=O)=O. The highest BCUT2D eigenvalue weighted by Gasteiger charge is 2.22. The van der Waals surface area contributed by atoms with Crippen LogP contribution in [-0.4, -0.2) is 21.5 Å². The van der Waals surface area contributed by atoms with Gasteiger partial charge >= 0.3 is 0 Å².